The Morgan fingerprint density at radius 1 is 1.26 bits per heavy atom. The van der Waals surface area contributed by atoms with E-state index in [-0.39, 0.29) is 24.3 Å². The van der Waals surface area contributed by atoms with E-state index in [0.29, 0.717) is 19.4 Å². The Kier molecular flexibility index (Phi) is 6.87. The summed E-state index contributed by atoms with van der Waals surface area (Å²) in [5.74, 6) is 0.358. The molecule has 4 rings (SSSR count). The Hall–Kier alpha value is -1.91. The molecule has 4 N–H and O–H groups in total. The molecule has 3 atom stereocenters. The van der Waals surface area contributed by atoms with Gasteiger partial charge in [-0.1, -0.05) is 18.2 Å². The van der Waals surface area contributed by atoms with E-state index in [4.69, 9.17) is 20.3 Å². The molecule has 8 nitrogen and oxygen atoms in total. The first kappa shape index (κ1) is 25.2. The minimum atomic E-state index is -4.55. The van der Waals surface area contributed by atoms with Crippen LogP contribution in [0, 0.1) is 5.92 Å². The number of aryl methyl sites for hydroxylation is 2. The van der Waals surface area contributed by atoms with Gasteiger partial charge in [-0.3, -0.25) is 9.21 Å². The molecule has 0 amide bonds. The number of rotatable bonds is 7. The van der Waals surface area contributed by atoms with E-state index in [9.17, 15) is 17.7 Å². The van der Waals surface area contributed by atoms with Gasteiger partial charge in [-0.05, 0) is 67.1 Å². The molecule has 0 spiro atoms. The predicted molar refractivity (Wildman–Crippen MR) is 117 cm³/mol. The number of benzene rings is 1. The maximum Gasteiger partial charge on any atom is 0.469 e. The van der Waals surface area contributed by atoms with Crippen LogP contribution in [-0.2, 0) is 35.2 Å². The molecule has 2 aliphatic carbocycles. The first-order valence-electron chi connectivity index (χ1n) is 11.2. The topological polar surface area (TPSA) is 120 Å². The smallest absolute Gasteiger partial charge is 0.469 e. The summed E-state index contributed by atoms with van der Waals surface area (Å²) in [5, 5.41) is 3.81. The third-order valence-electron chi connectivity index (χ3n) is 6.81. The second-order valence-corrected chi connectivity index (χ2v) is 10.7. The summed E-state index contributed by atoms with van der Waals surface area (Å²) in [4.78, 5) is 17.9. The Balaban J connectivity index is 1.34. The van der Waals surface area contributed by atoms with Crippen LogP contribution in [-0.4, -0.2) is 38.3 Å². The SMILES string of the molecule is Cn1nc(OC[C@@H]2CCc3cc([C@H]4CC[C@](N)(COP(=O)(O)O)C4)ccc3C2)cc1C(F)(F)F. The average molecular weight is 503 g/mol. The summed E-state index contributed by atoms with van der Waals surface area (Å²) < 4.78 is 60.8. The molecule has 12 heteroatoms. The third-order valence-corrected chi connectivity index (χ3v) is 7.28. The lowest BCUT2D eigenvalue weighted by atomic mass is 9.82. The molecule has 0 unspecified atom stereocenters. The predicted octanol–water partition coefficient (Wildman–Crippen LogP) is 3.70. The number of phosphoric acid groups is 1. The summed E-state index contributed by atoms with van der Waals surface area (Å²) in [6.07, 6.45) is 0.0346. The number of ether oxygens (including phenoxy) is 1. The Morgan fingerprint density at radius 3 is 2.71 bits per heavy atom. The van der Waals surface area contributed by atoms with Crippen molar-refractivity contribution in [2.75, 3.05) is 13.2 Å². The first-order chi connectivity index (χ1) is 15.8. The average Bonchev–Trinajstić information content (AvgIpc) is 3.33. The van der Waals surface area contributed by atoms with Crippen molar-refractivity contribution in [1.82, 2.24) is 9.78 Å². The van der Waals surface area contributed by atoms with Gasteiger partial charge in [0.05, 0.1) is 13.2 Å². The molecule has 1 aromatic carbocycles. The van der Waals surface area contributed by atoms with Gasteiger partial charge in [0.2, 0.25) is 5.88 Å². The van der Waals surface area contributed by atoms with Gasteiger partial charge in [-0.15, -0.1) is 5.10 Å². The van der Waals surface area contributed by atoms with Crippen LogP contribution in [0.25, 0.3) is 0 Å². The third kappa shape index (κ3) is 6.01. The largest absolute Gasteiger partial charge is 0.476 e. The van der Waals surface area contributed by atoms with Crippen LogP contribution in [0.2, 0.25) is 0 Å². The molecule has 0 saturated heterocycles. The van der Waals surface area contributed by atoms with Gasteiger partial charge in [0.1, 0.15) is 5.69 Å². The second-order valence-electron chi connectivity index (χ2n) is 9.50. The number of nitrogens with zero attached hydrogens (tertiary/aromatic N) is 2. The Labute approximate surface area is 195 Å². The van der Waals surface area contributed by atoms with Crippen molar-refractivity contribution in [3.63, 3.8) is 0 Å². The van der Waals surface area contributed by atoms with Gasteiger partial charge >= 0.3 is 14.0 Å². The zero-order valence-electron chi connectivity index (χ0n) is 18.8. The Morgan fingerprint density at radius 2 is 2.03 bits per heavy atom. The Bertz CT molecular complexity index is 1090. The van der Waals surface area contributed by atoms with Crippen molar-refractivity contribution in [2.24, 2.45) is 18.7 Å². The summed E-state index contributed by atoms with van der Waals surface area (Å²) in [7, 11) is -3.31. The van der Waals surface area contributed by atoms with E-state index in [0.717, 1.165) is 42.0 Å². The standard InChI is InChI=1S/C22H29F3N3O5P/c1-28-19(22(23,24)25)10-20(27-28)32-12-14-2-3-16-9-17(5-4-15(16)8-14)18-6-7-21(26,11-18)13-33-34(29,30)31/h4-5,9-10,14,18H,2-3,6-8,11-13,26H2,1H3,(H2,29,30,31)/t14-,18+,21-/m1/s1. The van der Waals surface area contributed by atoms with E-state index in [1.807, 2.05) is 0 Å². The molecule has 188 valence electrons. The summed E-state index contributed by atoms with van der Waals surface area (Å²) in [6.45, 7) is 0.120. The van der Waals surface area contributed by atoms with Gasteiger partial charge < -0.3 is 20.3 Å². The number of nitrogens with two attached hydrogens (primary N) is 1. The first-order valence-corrected chi connectivity index (χ1v) is 12.7. The lowest BCUT2D eigenvalue weighted by Crippen LogP contribution is -2.41. The normalized spacial score (nSPS) is 25.4. The number of fused-ring (bicyclic) bond motifs is 1. The highest BCUT2D eigenvalue weighted by Crippen LogP contribution is 2.44. The van der Waals surface area contributed by atoms with Gasteiger partial charge in [0, 0.05) is 18.7 Å². The van der Waals surface area contributed by atoms with Crippen LogP contribution in [0.15, 0.2) is 24.3 Å². The number of alkyl halides is 3. The van der Waals surface area contributed by atoms with Crippen molar-refractivity contribution in [3.8, 4) is 5.88 Å². The van der Waals surface area contributed by atoms with Crippen LogP contribution >= 0.6 is 7.82 Å². The number of halogens is 3. The van der Waals surface area contributed by atoms with Gasteiger partial charge in [-0.2, -0.15) is 13.2 Å². The molecule has 0 aliphatic heterocycles. The van der Waals surface area contributed by atoms with Crippen molar-refractivity contribution >= 4 is 7.82 Å². The zero-order chi connectivity index (χ0) is 24.7. The van der Waals surface area contributed by atoms with Crippen LogP contribution in [0.3, 0.4) is 0 Å². The molecular weight excluding hydrogens is 474 g/mol. The van der Waals surface area contributed by atoms with Crippen LogP contribution in [0.5, 0.6) is 5.88 Å². The van der Waals surface area contributed by atoms with Crippen molar-refractivity contribution in [2.45, 2.75) is 56.2 Å². The van der Waals surface area contributed by atoms with Crippen LogP contribution in [0.4, 0.5) is 13.2 Å². The van der Waals surface area contributed by atoms with E-state index < -0.39 is 25.2 Å². The summed E-state index contributed by atoms with van der Waals surface area (Å²) in [6, 6.07) is 7.26. The van der Waals surface area contributed by atoms with E-state index in [1.54, 1.807) is 0 Å². The molecule has 34 heavy (non-hydrogen) atoms. The molecule has 1 heterocycles. The highest BCUT2D eigenvalue weighted by atomic mass is 31.2. The number of aromatic nitrogens is 2. The quantitative estimate of drug-likeness (QED) is 0.493. The van der Waals surface area contributed by atoms with E-state index in [1.165, 1.54) is 18.2 Å². The summed E-state index contributed by atoms with van der Waals surface area (Å²) in [5.41, 5.74) is 8.31. The highest BCUT2D eigenvalue weighted by molar-refractivity contribution is 7.46. The molecule has 1 saturated carbocycles. The van der Waals surface area contributed by atoms with Crippen molar-refractivity contribution in [1.29, 1.82) is 0 Å². The monoisotopic (exact) mass is 503 g/mol. The number of phosphoric ester groups is 1. The number of hydrogen-bond acceptors (Lipinski definition) is 5. The highest BCUT2D eigenvalue weighted by Gasteiger charge is 2.39. The minimum Gasteiger partial charge on any atom is -0.476 e. The van der Waals surface area contributed by atoms with Gasteiger partial charge in [0.15, 0.2) is 0 Å². The van der Waals surface area contributed by atoms with Gasteiger partial charge in [-0.25, -0.2) is 4.57 Å². The molecule has 0 radical (unpaired) electrons. The van der Waals surface area contributed by atoms with Gasteiger partial charge in [0.25, 0.3) is 0 Å². The molecule has 1 fully saturated rings. The fourth-order valence-electron chi connectivity index (χ4n) is 5.01. The second kappa shape index (κ2) is 9.28. The van der Waals surface area contributed by atoms with Crippen LogP contribution < -0.4 is 10.5 Å². The lowest BCUT2D eigenvalue weighted by Gasteiger charge is -2.26. The maximum atomic E-state index is 12.9. The number of hydrogen-bond donors (Lipinski definition) is 3. The molecular formula is C22H29F3N3O5P. The van der Waals surface area contributed by atoms with Crippen LogP contribution in [0.1, 0.15) is 54.0 Å². The van der Waals surface area contributed by atoms with E-state index in [2.05, 4.69) is 27.8 Å². The minimum absolute atomic E-state index is 0.0230. The maximum absolute atomic E-state index is 12.9. The molecule has 0 bridgehead atoms. The summed E-state index contributed by atoms with van der Waals surface area (Å²) >= 11 is 0. The molecule has 1 aromatic heterocycles. The van der Waals surface area contributed by atoms with E-state index >= 15 is 0 Å². The van der Waals surface area contributed by atoms with Crippen molar-refractivity contribution < 1.29 is 36.8 Å². The fraction of sp³-hybridized carbons (Fsp3) is 0.591. The molecule has 2 aliphatic rings. The zero-order valence-corrected chi connectivity index (χ0v) is 19.7. The lowest BCUT2D eigenvalue weighted by molar-refractivity contribution is -0.143. The molecule has 2 aromatic rings. The fourth-order valence-corrected chi connectivity index (χ4v) is 5.44. The van der Waals surface area contributed by atoms with Crippen molar-refractivity contribution in [3.05, 3.63) is 46.6 Å².